The van der Waals surface area contributed by atoms with Crippen molar-refractivity contribution in [3.05, 3.63) is 23.4 Å². The molecule has 0 atom stereocenters. The van der Waals surface area contributed by atoms with Gasteiger partial charge in [0.25, 0.3) is 0 Å². The van der Waals surface area contributed by atoms with E-state index in [9.17, 15) is 0 Å². The van der Waals surface area contributed by atoms with E-state index in [1.54, 1.807) is 20.4 Å². The molecule has 0 fully saturated rings. The zero-order valence-electron chi connectivity index (χ0n) is 10.9. The summed E-state index contributed by atoms with van der Waals surface area (Å²) in [4.78, 5) is 0. The molecule has 0 saturated carbocycles. The number of nitrogens with zero attached hydrogens (tertiary/aromatic N) is 1. The molecule has 0 aliphatic carbocycles. The van der Waals surface area contributed by atoms with Crippen molar-refractivity contribution in [3.8, 4) is 22.6 Å². The van der Waals surface area contributed by atoms with Gasteiger partial charge in [-0.15, -0.1) is 0 Å². The lowest BCUT2D eigenvalue weighted by molar-refractivity contribution is 0.351. The number of aromatic nitrogens is 1. The summed E-state index contributed by atoms with van der Waals surface area (Å²) in [7, 11) is 3.24. The maximum absolute atomic E-state index is 5.75. The van der Waals surface area contributed by atoms with Crippen molar-refractivity contribution in [2.45, 2.75) is 13.8 Å². The predicted octanol–water partition coefficient (Wildman–Crippen LogP) is 2.56. The van der Waals surface area contributed by atoms with Gasteiger partial charge < -0.3 is 19.7 Å². The van der Waals surface area contributed by atoms with Gasteiger partial charge in [0.2, 0.25) is 5.88 Å². The maximum Gasteiger partial charge on any atom is 0.229 e. The molecule has 96 valence electrons. The Labute approximate surface area is 105 Å². The van der Waals surface area contributed by atoms with Crippen LogP contribution in [0, 0.1) is 13.8 Å². The number of rotatable bonds is 3. The van der Waals surface area contributed by atoms with Crippen LogP contribution in [0.3, 0.4) is 0 Å². The van der Waals surface area contributed by atoms with Crippen LogP contribution in [0.25, 0.3) is 11.1 Å². The molecule has 0 saturated heterocycles. The van der Waals surface area contributed by atoms with Gasteiger partial charge in [-0.05, 0) is 31.0 Å². The number of methoxy groups -OCH3 is 2. The highest BCUT2D eigenvalue weighted by Gasteiger charge is 2.18. The minimum absolute atomic E-state index is 0.296. The van der Waals surface area contributed by atoms with Gasteiger partial charge >= 0.3 is 0 Å². The predicted molar refractivity (Wildman–Crippen MR) is 68.9 cm³/mol. The van der Waals surface area contributed by atoms with Gasteiger partial charge in [-0.25, -0.2) is 0 Å². The van der Waals surface area contributed by atoms with Gasteiger partial charge in [-0.1, -0.05) is 5.16 Å². The van der Waals surface area contributed by atoms with E-state index in [2.05, 4.69) is 5.16 Å². The Morgan fingerprint density at radius 1 is 1.11 bits per heavy atom. The molecule has 1 heterocycles. The lowest BCUT2D eigenvalue weighted by atomic mass is 9.98. The number of anilines is 1. The standard InChI is InChI=1S/C13H16N2O3/c1-7-5-9(10-6-15-18-13(10)14)8(2)12(17-4)11(7)16-3/h5-6H,14H2,1-4H3. The second kappa shape index (κ2) is 4.60. The molecule has 5 heteroatoms. The van der Waals surface area contributed by atoms with Gasteiger partial charge in [-0.2, -0.15) is 0 Å². The van der Waals surface area contributed by atoms with Crippen molar-refractivity contribution in [3.63, 3.8) is 0 Å². The number of nitrogens with two attached hydrogens (primary N) is 1. The van der Waals surface area contributed by atoms with Crippen molar-refractivity contribution in [2.24, 2.45) is 0 Å². The fourth-order valence-electron chi connectivity index (χ4n) is 2.09. The summed E-state index contributed by atoms with van der Waals surface area (Å²) in [6, 6.07) is 1.99. The van der Waals surface area contributed by atoms with E-state index in [1.807, 2.05) is 19.9 Å². The van der Waals surface area contributed by atoms with E-state index in [0.717, 1.165) is 28.0 Å². The molecule has 0 aliphatic rings. The smallest absolute Gasteiger partial charge is 0.229 e. The maximum atomic E-state index is 5.75. The van der Waals surface area contributed by atoms with Crippen molar-refractivity contribution < 1.29 is 14.0 Å². The van der Waals surface area contributed by atoms with E-state index < -0.39 is 0 Å². The summed E-state index contributed by atoms with van der Waals surface area (Å²) >= 11 is 0. The fraction of sp³-hybridized carbons (Fsp3) is 0.308. The van der Waals surface area contributed by atoms with Gasteiger partial charge in [0.05, 0.1) is 26.0 Å². The SMILES string of the molecule is COc1c(C)cc(-c2cnoc2N)c(C)c1OC. The first kappa shape index (κ1) is 12.3. The average molecular weight is 248 g/mol. The molecule has 0 amide bonds. The van der Waals surface area contributed by atoms with Crippen LogP contribution in [-0.2, 0) is 0 Å². The zero-order chi connectivity index (χ0) is 13.3. The van der Waals surface area contributed by atoms with E-state index >= 15 is 0 Å². The van der Waals surface area contributed by atoms with Crippen LogP contribution >= 0.6 is 0 Å². The molecule has 1 aromatic carbocycles. The third-order valence-corrected chi connectivity index (χ3v) is 2.97. The molecular formula is C13H16N2O3. The average Bonchev–Trinajstić information content (AvgIpc) is 2.77. The van der Waals surface area contributed by atoms with Crippen LogP contribution in [0.15, 0.2) is 16.8 Å². The van der Waals surface area contributed by atoms with Crippen molar-refractivity contribution in [2.75, 3.05) is 20.0 Å². The summed E-state index contributed by atoms with van der Waals surface area (Å²) in [5.74, 6) is 1.73. The highest BCUT2D eigenvalue weighted by molar-refractivity contribution is 5.78. The molecular weight excluding hydrogens is 232 g/mol. The minimum atomic E-state index is 0.296. The molecule has 0 bridgehead atoms. The molecule has 0 unspecified atom stereocenters. The fourth-order valence-corrected chi connectivity index (χ4v) is 2.09. The number of aryl methyl sites for hydroxylation is 1. The molecule has 18 heavy (non-hydrogen) atoms. The third kappa shape index (κ3) is 1.77. The summed E-state index contributed by atoms with van der Waals surface area (Å²) in [6.07, 6.45) is 1.60. The molecule has 2 N–H and O–H groups in total. The molecule has 0 aliphatic heterocycles. The van der Waals surface area contributed by atoms with Crippen molar-refractivity contribution in [1.29, 1.82) is 0 Å². The number of hydrogen-bond acceptors (Lipinski definition) is 5. The largest absolute Gasteiger partial charge is 0.493 e. The van der Waals surface area contributed by atoms with Crippen LogP contribution in [0.4, 0.5) is 5.88 Å². The van der Waals surface area contributed by atoms with Crippen molar-refractivity contribution in [1.82, 2.24) is 5.16 Å². The summed E-state index contributed by atoms with van der Waals surface area (Å²) in [6.45, 7) is 3.90. The van der Waals surface area contributed by atoms with Crippen LogP contribution in [0.5, 0.6) is 11.5 Å². The van der Waals surface area contributed by atoms with Crippen LogP contribution in [0.2, 0.25) is 0 Å². The lowest BCUT2D eigenvalue weighted by Crippen LogP contribution is -1.98. The van der Waals surface area contributed by atoms with Crippen LogP contribution in [-0.4, -0.2) is 19.4 Å². The quantitative estimate of drug-likeness (QED) is 0.903. The normalized spacial score (nSPS) is 10.4. The zero-order valence-corrected chi connectivity index (χ0v) is 10.9. The Morgan fingerprint density at radius 3 is 2.28 bits per heavy atom. The van der Waals surface area contributed by atoms with Crippen molar-refractivity contribution >= 4 is 5.88 Å². The number of hydrogen-bond donors (Lipinski definition) is 1. The molecule has 2 aromatic rings. The topological polar surface area (TPSA) is 70.5 Å². The van der Waals surface area contributed by atoms with E-state index in [1.165, 1.54) is 0 Å². The number of nitrogen functional groups attached to an aromatic ring is 1. The van der Waals surface area contributed by atoms with Gasteiger partial charge in [-0.3, -0.25) is 0 Å². The Balaban J connectivity index is 2.71. The second-order valence-corrected chi connectivity index (χ2v) is 4.04. The first-order valence-electron chi connectivity index (χ1n) is 5.52. The summed E-state index contributed by atoms with van der Waals surface area (Å²) in [5, 5.41) is 3.69. The Bertz CT molecular complexity index is 576. The van der Waals surface area contributed by atoms with Gasteiger partial charge in [0, 0.05) is 5.56 Å². The molecule has 0 spiro atoms. The van der Waals surface area contributed by atoms with Crippen LogP contribution in [0.1, 0.15) is 11.1 Å². The summed E-state index contributed by atoms with van der Waals surface area (Å²) < 4.78 is 15.7. The van der Waals surface area contributed by atoms with E-state index in [4.69, 9.17) is 19.7 Å². The van der Waals surface area contributed by atoms with Crippen LogP contribution < -0.4 is 15.2 Å². The molecule has 2 rings (SSSR count). The van der Waals surface area contributed by atoms with Gasteiger partial charge in [0.15, 0.2) is 11.5 Å². The van der Waals surface area contributed by atoms with E-state index in [0.29, 0.717) is 11.6 Å². The highest BCUT2D eigenvalue weighted by Crippen LogP contribution is 2.41. The Hall–Kier alpha value is -2.17. The summed E-state index contributed by atoms with van der Waals surface area (Å²) in [5.41, 5.74) is 9.36. The third-order valence-electron chi connectivity index (χ3n) is 2.97. The first-order chi connectivity index (χ1) is 8.60. The first-order valence-corrected chi connectivity index (χ1v) is 5.52. The second-order valence-electron chi connectivity index (χ2n) is 4.04. The number of benzene rings is 1. The minimum Gasteiger partial charge on any atom is -0.493 e. The molecule has 5 nitrogen and oxygen atoms in total. The molecule has 1 aromatic heterocycles. The van der Waals surface area contributed by atoms with Gasteiger partial charge in [0.1, 0.15) is 0 Å². The monoisotopic (exact) mass is 248 g/mol. The van der Waals surface area contributed by atoms with E-state index in [-0.39, 0.29) is 0 Å². The highest BCUT2D eigenvalue weighted by atomic mass is 16.5. The Morgan fingerprint density at radius 2 is 1.78 bits per heavy atom. The lowest BCUT2D eigenvalue weighted by Gasteiger charge is -2.16. The number of ether oxygens (including phenoxy) is 2. The molecule has 0 radical (unpaired) electrons. The Kier molecular flexibility index (Phi) is 3.14.